The van der Waals surface area contributed by atoms with Crippen LogP contribution in [0.5, 0.6) is 5.75 Å². The van der Waals surface area contributed by atoms with Crippen LogP contribution in [0.15, 0.2) is 54.6 Å². The average molecular weight is 420 g/mol. The van der Waals surface area contributed by atoms with E-state index in [4.69, 9.17) is 4.74 Å². The highest BCUT2D eigenvalue weighted by atomic mass is 32.1. The smallest absolute Gasteiger partial charge is 0.283 e. The van der Waals surface area contributed by atoms with Gasteiger partial charge in [0, 0.05) is 12.5 Å². The molecule has 1 aromatic heterocycles. The van der Waals surface area contributed by atoms with E-state index in [1.165, 1.54) is 21.8 Å². The maximum absolute atomic E-state index is 12.8. The van der Waals surface area contributed by atoms with Crippen molar-refractivity contribution in [3.05, 3.63) is 70.2 Å². The Morgan fingerprint density at radius 2 is 1.87 bits per heavy atom. The van der Waals surface area contributed by atoms with Crippen molar-refractivity contribution < 1.29 is 14.3 Å². The number of carbonyl (C=O) groups excluding carboxylic acids is 2. The van der Waals surface area contributed by atoms with Gasteiger partial charge in [0.2, 0.25) is 5.01 Å². The highest BCUT2D eigenvalue weighted by molar-refractivity contribution is 7.13. The highest BCUT2D eigenvalue weighted by Crippen LogP contribution is 2.54. The average Bonchev–Trinajstić information content (AvgIpc) is 3.47. The summed E-state index contributed by atoms with van der Waals surface area (Å²) in [5.41, 5.74) is 1.73. The minimum absolute atomic E-state index is 0.0611. The van der Waals surface area contributed by atoms with Gasteiger partial charge < -0.3 is 15.0 Å². The molecule has 0 saturated heterocycles. The van der Waals surface area contributed by atoms with Gasteiger partial charge in [-0.1, -0.05) is 53.8 Å². The van der Waals surface area contributed by atoms with Gasteiger partial charge in [-0.25, -0.2) is 0 Å². The van der Waals surface area contributed by atoms with E-state index >= 15 is 0 Å². The molecule has 5 rings (SSSR count). The lowest BCUT2D eigenvalue weighted by Crippen LogP contribution is -2.49. The van der Waals surface area contributed by atoms with Crippen LogP contribution in [0.1, 0.15) is 33.2 Å². The third kappa shape index (κ3) is 3.13. The molecule has 1 saturated carbocycles. The molecule has 1 N–H and O–H groups in total. The number of fused-ring (bicyclic) bond motifs is 1. The van der Waals surface area contributed by atoms with Gasteiger partial charge in [-0.3, -0.25) is 9.59 Å². The minimum Gasteiger partial charge on any atom is -0.489 e. The summed E-state index contributed by atoms with van der Waals surface area (Å²) >= 11 is 1.29. The van der Waals surface area contributed by atoms with Crippen molar-refractivity contribution in [2.24, 2.45) is 0 Å². The summed E-state index contributed by atoms with van der Waals surface area (Å²) < 4.78 is 5.76. The lowest BCUT2D eigenvalue weighted by Gasteiger charge is -2.19. The number of nitrogens with one attached hydrogen (secondary N) is 1. The lowest BCUT2D eigenvalue weighted by atomic mass is 9.97. The molecule has 30 heavy (non-hydrogen) atoms. The molecule has 8 heteroatoms. The van der Waals surface area contributed by atoms with Crippen molar-refractivity contribution in [3.8, 4) is 5.75 Å². The Morgan fingerprint density at radius 3 is 2.63 bits per heavy atom. The minimum atomic E-state index is -0.800. The summed E-state index contributed by atoms with van der Waals surface area (Å²) in [7, 11) is 1.68. The molecule has 152 valence electrons. The standard InChI is InChI=1S/C22H20N4O3S/c1-26-16-9-5-6-10-17(16)29-13-15(20(26)28)23-18(27)19-24-25-21(30-19)22(11-12-22)14-7-3-2-4-8-14/h2-10,15H,11-13H2,1H3,(H,23,27). The number of amides is 2. The van der Waals surface area contributed by atoms with Gasteiger partial charge in [0.15, 0.2) is 0 Å². The SMILES string of the molecule is CN1C(=O)C(NC(=O)c2nnc(C3(c4ccccc4)CC3)s2)COc2ccccc21. The molecule has 1 atom stereocenters. The van der Waals surface area contributed by atoms with Crippen molar-refractivity contribution in [2.75, 3.05) is 18.6 Å². The molecule has 2 amide bonds. The van der Waals surface area contributed by atoms with E-state index in [-0.39, 0.29) is 22.9 Å². The fourth-order valence-electron chi connectivity index (χ4n) is 3.79. The van der Waals surface area contributed by atoms with E-state index < -0.39 is 11.9 Å². The molecule has 3 aromatic rings. The van der Waals surface area contributed by atoms with Crippen molar-refractivity contribution >= 4 is 28.8 Å². The second kappa shape index (κ2) is 7.21. The fourth-order valence-corrected chi connectivity index (χ4v) is 4.81. The van der Waals surface area contributed by atoms with Gasteiger partial charge in [0.05, 0.1) is 5.69 Å². The summed E-state index contributed by atoms with van der Waals surface area (Å²) in [4.78, 5) is 27.2. The van der Waals surface area contributed by atoms with Crippen molar-refractivity contribution in [1.82, 2.24) is 15.5 Å². The van der Waals surface area contributed by atoms with Crippen LogP contribution in [0.2, 0.25) is 0 Å². The number of carbonyl (C=O) groups is 2. The molecule has 1 fully saturated rings. The van der Waals surface area contributed by atoms with E-state index in [9.17, 15) is 9.59 Å². The number of aromatic nitrogens is 2. The van der Waals surface area contributed by atoms with Crippen molar-refractivity contribution in [2.45, 2.75) is 24.3 Å². The number of ether oxygens (including phenoxy) is 1. The summed E-state index contributed by atoms with van der Waals surface area (Å²) in [5, 5.41) is 12.3. The van der Waals surface area contributed by atoms with Gasteiger partial charge in [-0.05, 0) is 30.5 Å². The zero-order valence-corrected chi connectivity index (χ0v) is 17.2. The molecule has 1 aliphatic carbocycles. The predicted molar refractivity (Wildman–Crippen MR) is 113 cm³/mol. The monoisotopic (exact) mass is 420 g/mol. The van der Waals surface area contributed by atoms with E-state index in [0.29, 0.717) is 11.4 Å². The van der Waals surface area contributed by atoms with Crippen LogP contribution in [-0.2, 0) is 10.2 Å². The highest BCUT2D eigenvalue weighted by Gasteiger charge is 2.49. The Bertz CT molecular complexity index is 1110. The molecule has 0 spiro atoms. The van der Waals surface area contributed by atoms with Crippen LogP contribution in [0, 0.1) is 0 Å². The maximum atomic E-state index is 12.8. The number of hydrogen-bond acceptors (Lipinski definition) is 6. The van der Waals surface area contributed by atoms with Gasteiger partial charge >= 0.3 is 0 Å². The fraction of sp³-hybridized carbons (Fsp3) is 0.273. The first-order chi connectivity index (χ1) is 14.6. The van der Waals surface area contributed by atoms with Gasteiger partial charge in [-0.15, -0.1) is 10.2 Å². The van der Waals surface area contributed by atoms with Crippen molar-refractivity contribution in [3.63, 3.8) is 0 Å². The predicted octanol–water partition coefficient (Wildman–Crippen LogP) is 2.77. The van der Waals surface area contributed by atoms with Crippen LogP contribution in [0.25, 0.3) is 0 Å². The molecular weight excluding hydrogens is 400 g/mol. The van der Waals surface area contributed by atoms with Crippen LogP contribution >= 0.6 is 11.3 Å². The molecule has 2 aliphatic rings. The summed E-state index contributed by atoms with van der Waals surface area (Å²) in [6.07, 6.45) is 1.98. The Labute approximate surface area is 177 Å². The molecule has 0 radical (unpaired) electrons. The number of rotatable bonds is 4. The number of likely N-dealkylation sites (N-methyl/N-ethyl adjacent to an activating group) is 1. The molecular formula is C22H20N4O3S. The van der Waals surface area contributed by atoms with Crippen LogP contribution in [-0.4, -0.2) is 41.7 Å². The third-order valence-electron chi connectivity index (χ3n) is 5.67. The van der Waals surface area contributed by atoms with Gasteiger partial charge in [0.1, 0.15) is 23.4 Å². The van der Waals surface area contributed by atoms with E-state index in [1.807, 2.05) is 36.4 Å². The first kappa shape index (κ1) is 18.7. The Hall–Kier alpha value is -3.26. The third-order valence-corrected chi connectivity index (χ3v) is 6.80. The van der Waals surface area contributed by atoms with Crippen molar-refractivity contribution in [1.29, 1.82) is 0 Å². The van der Waals surface area contributed by atoms with Crippen LogP contribution < -0.4 is 15.0 Å². The molecule has 2 aromatic carbocycles. The first-order valence-corrected chi connectivity index (χ1v) is 10.6. The van der Waals surface area contributed by atoms with E-state index in [2.05, 4.69) is 27.6 Å². The molecule has 1 unspecified atom stereocenters. The molecule has 7 nitrogen and oxygen atoms in total. The Kier molecular flexibility index (Phi) is 4.51. The number of para-hydroxylation sites is 2. The molecule has 0 bridgehead atoms. The van der Waals surface area contributed by atoms with Gasteiger partial charge in [-0.2, -0.15) is 0 Å². The zero-order valence-electron chi connectivity index (χ0n) is 16.4. The van der Waals surface area contributed by atoms with E-state index in [0.717, 1.165) is 17.8 Å². The summed E-state index contributed by atoms with van der Waals surface area (Å²) in [6, 6.07) is 16.7. The van der Waals surface area contributed by atoms with Crippen LogP contribution in [0.3, 0.4) is 0 Å². The summed E-state index contributed by atoms with van der Waals surface area (Å²) in [6.45, 7) is 0.0611. The number of hydrogen-bond donors (Lipinski definition) is 1. The lowest BCUT2D eigenvalue weighted by molar-refractivity contribution is -0.120. The number of benzene rings is 2. The zero-order chi connectivity index (χ0) is 20.7. The second-order valence-corrected chi connectivity index (χ2v) is 8.54. The Morgan fingerprint density at radius 1 is 1.13 bits per heavy atom. The molecule has 2 heterocycles. The summed E-state index contributed by atoms with van der Waals surface area (Å²) in [5.74, 6) is -0.0354. The second-order valence-electron chi connectivity index (χ2n) is 7.56. The topological polar surface area (TPSA) is 84.4 Å². The number of nitrogens with zero attached hydrogens (tertiary/aromatic N) is 3. The Balaban J connectivity index is 1.33. The molecule has 1 aliphatic heterocycles. The number of anilines is 1. The van der Waals surface area contributed by atoms with Crippen LogP contribution in [0.4, 0.5) is 5.69 Å². The van der Waals surface area contributed by atoms with E-state index in [1.54, 1.807) is 13.1 Å². The largest absolute Gasteiger partial charge is 0.489 e. The first-order valence-electron chi connectivity index (χ1n) is 9.78. The quantitative estimate of drug-likeness (QED) is 0.702. The normalized spacial score (nSPS) is 19.4. The maximum Gasteiger partial charge on any atom is 0.283 e. The van der Waals surface area contributed by atoms with Gasteiger partial charge in [0.25, 0.3) is 11.8 Å².